The zero-order valence-electron chi connectivity index (χ0n) is 10.6. The van der Waals surface area contributed by atoms with Crippen LogP contribution in [0.15, 0.2) is 12.3 Å². The number of hydrogen-bond acceptors (Lipinski definition) is 5. The first-order valence-corrected chi connectivity index (χ1v) is 7.36. The van der Waals surface area contributed by atoms with E-state index in [1.54, 1.807) is 6.20 Å². The predicted octanol–water partition coefficient (Wildman–Crippen LogP) is 3.30. The van der Waals surface area contributed by atoms with Crippen LogP contribution in [0.4, 0.5) is 5.82 Å². The monoisotopic (exact) mass is 295 g/mol. The van der Waals surface area contributed by atoms with Gasteiger partial charge in [-0.1, -0.05) is 11.6 Å². The smallest absolute Gasteiger partial charge is 0.318 e. The molecule has 100 valence electrons. The van der Waals surface area contributed by atoms with Crippen LogP contribution in [0.2, 0.25) is 5.02 Å². The summed E-state index contributed by atoms with van der Waals surface area (Å²) in [6.07, 6.45) is 5.28. The Morgan fingerprint density at radius 3 is 3.16 bits per heavy atom. The van der Waals surface area contributed by atoms with Crippen molar-refractivity contribution in [2.24, 2.45) is 0 Å². The first-order valence-electron chi connectivity index (χ1n) is 6.17. The van der Waals surface area contributed by atoms with Gasteiger partial charge >= 0.3 is 6.01 Å². The van der Waals surface area contributed by atoms with Gasteiger partial charge in [-0.25, -0.2) is 4.98 Å². The summed E-state index contributed by atoms with van der Waals surface area (Å²) in [5, 5.41) is 3.74. The molecule has 1 aliphatic carbocycles. The second kappa shape index (κ2) is 5.35. The Morgan fingerprint density at radius 2 is 2.37 bits per heavy atom. The van der Waals surface area contributed by atoms with Gasteiger partial charge in [-0.15, -0.1) is 11.3 Å². The number of ether oxygens (including phenoxy) is 1. The van der Waals surface area contributed by atoms with E-state index in [0.717, 1.165) is 6.54 Å². The molecule has 0 bridgehead atoms. The van der Waals surface area contributed by atoms with E-state index < -0.39 is 0 Å². The minimum absolute atomic E-state index is 0.320. The number of rotatable bonds is 4. The van der Waals surface area contributed by atoms with E-state index >= 15 is 0 Å². The maximum atomic E-state index is 6.05. The second-order valence-electron chi connectivity index (χ2n) is 4.42. The molecular weight excluding hydrogens is 282 g/mol. The summed E-state index contributed by atoms with van der Waals surface area (Å²) in [5.74, 6) is 0.613. The standard InChI is InChI=1S/C13H14ClN3OS/c1-18-13-16-7-10(14)12(17-13)15-6-9-5-8-3-2-4-11(8)19-9/h5,7H,2-4,6H2,1H3,(H,15,16,17). The van der Waals surface area contributed by atoms with E-state index in [1.165, 1.54) is 41.7 Å². The molecule has 0 aliphatic heterocycles. The molecule has 0 fully saturated rings. The van der Waals surface area contributed by atoms with Crippen molar-refractivity contribution in [1.82, 2.24) is 9.97 Å². The van der Waals surface area contributed by atoms with Crippen molar-refractivity contribution in [3.8, 4) is 6.01 Å². The van der Waals surface area contributed by atoms with E-state index in [-0.39, 0.29) is 0 Å². The molecule has 0 radical (unpaired) electrons. The lowest BCUT2D eigenvalue weighted by molar-refractivity contribution is 0.380. The molecule has 6 heteroatoms. The molecule has 0 unspecified atom stereocenters. The highest BCUT2D eigenvalue weighted by Crippen LogP contribution is 2.31. The molecule has 0 aromatic carbocycles. The van der Waals surface area contributed by atoms with Gasteiger partial charge in [0.25, 0.3) is 0 Å². The van der Waals surface area contributed by atoms with Crippen molar-refractivity contribution in [2.75, 3.05) is 12.4 Å². The maximum absolute atomic E-state index is 6.05. The lowest BCUT2D eigenvalue weighted by Gasteiger charge is -2.07. The third-order valence-electron chi connectivity index (χ3n) is 3.13. The quantitative estimate of drug-likeness (QED) is 0.940. The molecular formula is C13H14ClN3OS. The lowest BCUT2D eigenvalue weighted by atomic mass is 10.2. The third kappa shape index (κ3) is 2.67. The van der Waals surface area contributed by atoms with Crippen LogP contribution in [-0.4, -0.2) is 17.1 Å². The molecule has 0 atom stereocenters. The number of aryl methyl sites for hydroxylation is 2. The van der Waals surface area contributed by atoms with Crippen molar-refractivity contribution >= 4 is 28.8 Å². The summed E-state index contributed by atoms with van der Waals surface area (Å²) >= 11 is 7.93. The Hall–Kier alpha value is -1.33. The van der Waals surface area contributed by atoms with Gasteiger partial charge in [-0.2, -0.15) is 4.98 Å². The minimum Gasteiger partial charge on any atom is -0.467 e. The largest absolute Gasteiger partial charge is 0.467 e. The van der Waals surface area contributed by atoms with E-state index in [4.69, 9.17) is 16.3 Å². The van der Waals surface area contributed by atoms with Crippen LogP contribution in [-0.2, 0) is 19.4 Å². The van der Waals surface area contributed by atoms with Crippen molar-refractivity contribution < 1.29 is 4.74 Å². The lowest BCUT2D eigenvalue weighted by Crippen LogP contribution is -2.03. The highest BCUT2D eigenvalue weighted by Gasteiger charge is 2.15. The van der Waals surface area contributed by atoms with Gasteiger partial charge < -0.3 is 10.1 Å². The maximum Gasteiger partial charge on any atom is 0.318 e. The fourth-order valence-electron chi connectivity index (χ4n) is 2.22. The average molecular weight is 296 g/mol. The van der Waals surface area contributed by atoms with Gasteiger partial charge in [0, 0.05) is 9.75 Å². The molecule has 0 spiro atoms. The molecule has 0 saturated heterocycles. The van der Waals surface area contributed by atoms with Gasteiger partial charge in [-0.3, -0.25) is 0 Å². The third-order valence-corrected chi connectivity index (χ3v) is 4.65. The molecule has 3 rings (SSSR count). The Kier molecular flexibility index (Phi) is 3.57. The highest BCUT2D eigenvalue weighted by molar-refractivity contribution is 7.12. The van der Waals surface area contributed by atoms with Gasteiger partial charge in [0.2, 0.25) is 0 Å². The van der Waals surface area contributed by atoms with Crippen LogP contribution in [0.25, 0.3) is 0 Å². The zero-order chi connectivity index (χ0) is 13.2. The van der Waals surface area contributed by atoms with Gasteiger partial charge in [-0.05, 0) is 30.9 Å². The predicted molar refractivity (Wildman–Crippen MR) is 77.3 cm³/mol. The number of halogens is 1. The van der Waals surface area contributed by atoms with Crippen molar-refractivity contribution in [1.29, 1.82) is 0 Å². The summed E-state index contributed by atoms with van der Waals surface area (Å²) in [5.41, 5.74) is 1.51. The summed E-state index contributed by atoms with van der Waals surface area (Å²) in [7, 11) is 1.54. The van der Waals surface area contributed by atoms with Crippen LogP contribution in [0, 0.1) is 0 Å². The van der Waals surface area contributed by atoms with Crippen LogP contribution in [0.1, 0.15) is 21.7 Å². The summed E-state index contributed by atoms with van der Waals surface area (Å²) in [6, 6.07) is 2.60. The zero-order valence-corrected chi connectivity index (χ0v) is 12.1. The topological polar surface area (TPSA) is 47.0 Å². The highest BCUT2D eigenvalue weighted by atomic mass is 35.5. The van der Waals surface area contributed by atoms with Gasteiger partial charge in [0.1, 0.15) is 5.02 Å². The molecule has 1 N–H and O–H groups in total. The average Bonchev–Trinajstić information content (AvgIpc) is 2.98. The molecule has 0 amide bonds. The van der Waals surface area contributed by atoms with Crippen LogP contribution >= 0.6 is 22.9 Å². The number of aromatic nitrogens is 2. The van der Waals surface area contributed by atoms with E-state index in [2.05, 4.69) is 21.4 Å². The summed E-state index contributed by atoms with van der Waals surface area (Å²) in [4.78, 5) is 11.0. The number of nitrogens with one attached hydrogen (secondary N) is 1. The summed E-state index contributed by atoms with van der Waals surface area (Å²) in [6.45, 7) is 0.734. The van der Waals surface area contributed by atoms with Crippen molar-refractivity contribution in [2.45, 2.75) is 25.8 Å². The summed E-state index contributed by atoms with van der Waals surface area (Å²) < 4.78 is 4.99. The Labute approximate surface area is 120 Å². The first-order chi connectivity index (χ1) is 9.26. The Morgan fingerprint density at radius 1 is 1.47 bits per heavy atom. The van der Waals surface area contributed by atoms with Crippen molar-refractivity contribution in [3.63, 3.8) is 0 Å². The molecule has 2 heterocycles. The van der Waals surface area contributed by atoms with E-state index in [9.17, 15) is 0 Å². The molecule has 1 aliphatic rings. The number of fused-ring (bicyclic) bond motifs is 1. The second-order valence-corrected chi connectivity index (χ2v) is 6.05. The SMILES string of the molecule is COc1ncc(Cl)c(NCc2cc3c(s2)CCC3)n1. The number of thiophene rings is 1. The van der Waals surface area contributed by atoms with Gasteiger partial charge in [0.15, 0.2) is 5.82 Å². The molecule has 4 nitrogen and oxygen atoms in total. The van der Waals surface area contributed by atoms with Crippen LogP contribution in [0.3, 0.4) is 0 Å². The number of nitrogens with zero attached hydrogens (tertiary/aromatic N) is 2. The van der Waals surface area contributed by atoms with Gasteiger partial charge in [0.05, 0.1) is 19.9 Å². The normalized spacial score (nSPS) is 13.4. The van der Waals surface area contributed by atoms with Crippen LogP contribution < -0.4 is 10.1 Å². The Bertz CT molecular complexity index is 578. The fourth-order valence-corrected chi connectivity index (χ4v) is 3.58. The fraction of sp³-hybridized carbons (Fsp3) is 0.385. The van der Waals surface area contributed by atoms with Crippen LogP contribution in [0.5, 0.6) is 6.01 Å². The number of methoxy groups -OCH3 is 1. The van der Waals surface area contributed by atoms with Crippen molar-refractivity contribution in [3.05, 3.63) is 32.6 Å². The first kappa shape index (κ1) is 12.7. The molecule has 2 aromatic heterocycles. The molecule has 2 aromatic rings. The van der Waals surface area contributed by atoms with E-state index in [0.29, 0.717) is 16.9 Å². The Balaban J connectivity index is 1.71. The molecule has 0 saturated carbocycles. The number of anilines is 1. The molecule has 19 heavy (non-hydrogen) atoms. The minimum atomic E-state index is 0.320. The van der Waals surface area contributed by atoms with E-state index in [1.807, 2.05) is 11.3 Å². The number of hydrogen-bond donors (Lipinski definition) is 1.